The molecule has 0 amide bonds. The molecule has 0 bridgehead atoms. The number of hydrogen-bond acceptors (Lipinski definition) is 2. The summed E-state index contributed by atoms with van der Waals surface area (Å²) in [5, 5.41) is 11.2. The average molecular weight is 295 g/mol. The molecule has 0 aliphatic heterocycles. The lowest BCUT2D eigenvalue weighted by molar-refractivity contribution is -0.384. The highest BCUT2D eigenvalue weighted by molar-refractivity contribution is 5.82. The van der Waals surface area contributed by atoms with Crippen LogP contribution in [-0.2, 0) is 5.41 Å². The molecule has 3 nitrogen and oxygen atoms in total. The highest BCUT2D eigenvalue weighted by atomic mass is 16.6. The van der Waals surface area contributed by atoms with Crippen molar-refractivity contribution in [3.8, 4) is 11.1 Å². The van der Waals surface area contributed by atoms with E-state index >= 15 is 0 Å². The van der Waals surface area contributed by atoms with Crippen LogP contribution in [0.5, 0.6) is 0 Å². The second-order valence-corrected chi connectivity index (χ2v) is 6.11. The second kappa shape index (κ2) is 5.56. The van der Waals surface area contributed by atoms with E-state index in [-0.39, 0.29) is 16.0 Å². The Morgan fingerprint density at radius 3 is 2.23 bits per heavy atom. The van der Waals surface area contributed by atoms with Crippen LogP contribution < -0.4 is 0 Å². The summed E-state index contributed by atoms with van der Waals surface area (Å²) < 4.78 is 0. The number of hydrogen-bond donors (Lipinski definition) is 0. The summed E-state index contributed by atoms with van der Waals surface area (Å²) in [5.74, 6) is 0. The third-order valence-corrected chi connectivity index (χ3v) is 4.82. The van der Waals surface area contributed by atoms with Crippen LogP contribution in [-0.4, -0.2) is 4.92 Å². The van der Waals surface area contributed by atoms with E-state index in [9.17, 15) is 10.1 Å². The lowest BCUT2D eigenvalue weighted by Gasteiger charge is -2.31. The molecule has 22 heavy (non-hydrogen) atoms. The molecule has 1 aliphatic rings. The van der Waals surface area contributed by atoms with Gasteiger partial charge in [-0.3, -0.25) is 10.1 Å². The number of non-ortho nitro benzene ring substituents is 1. The van der Waals surface area contributed by atoms with E-state index in [1.165, 1.54) is 16.7 Å². The standard InChI is InChI=1S/C19H21NO2/c1-3-11-19(12-4-2)17-8-6-5-7-15(17)16-10-9-14(20(21)22)13-18(16)19/h5-10,13H,3-4,11-12H2,1-2H3. The van der Waals surface area contributed by atoms with E-state index in [0.29, 0.717) is 0 Å². The predicted molar refractivity (Wildman–Crippen MR) is 89.1 cm³/mol. The molecule has 0 unspecified atom stereocenters. The second-order valence-electron chi connectivity index (χ2n) is 6.11. The molecule has 2 aromatic carbocycles. The van der Waals surface area contributed by atoms with Crippen LogP contribution >= 0.6 is 0 Å². The number of benzene rings is 2. The Morgan fingerprint density at radius 1 is 0.955 bits per heavy atom. The number of nitro groups is 1. The van der Waals surface area contributed by atoms with Gasteiger partial charge in [-0.25, -0.2) is 0 Å². The Bertz CT molecular complexity index is 715. The first-order valence-corrected chi connectivity index (χ1v) is 8.03. The first-order valence-electron chi connectivity index (χ1n) is 8.03. The lowest BCUT2D eigenvalue weighted by Crippen LogP contribution is -2.25. The molecule has 0 aromatic heterocycles. The maximum Gasteiger partial charge on any atom is 0.269 e. The van der Waals surface area contributed by atoms with Gasteiger partial charge in [-0.1, -0.05) is 51.0 Å². The average Bonchev–Trinajstić information content (AvgIpc) is 2.79. The molecule has 114 valence electrons. The molecule has 0 radical (unpaired) electrons. The third-order valence-electron chi connectivity index (χ3n) is 4.82. The monoisotopic (exact) mass is 295 g/mol. The molecule has 3 rings (SSSR count). The molecule has 2 aromatic rings. The minimum Gasteiger partial charge on any atom is -0.258 e. The van der Waals surface area contributed by atoms with Crippen molar-refractivity contribution in [1.29, 1.82) is 0 Å². The molecule has 0 spiro atoms. The Hall–Kier alpha value is -2.16. The molecule has 1 aliphatic carbocycles. The maximum atomic E-state index is 11.2. The van der Waals surface area contributed by atoms with E-state index in [1.807, 2.05) is 6.07 Å². The van der Waals surface area contributed by atoms with Crippen molar-refractivity contribution in [2.45, 2.75) is 44.9 Å². The molecule has 0 heterocycles. The smallest absolute Gasteiger partial charge is 0.258 e. The lowest BCUT2D eigenvalue weighted by atomic mass is 9.71. The zero-order valence-corrected chi connectivity index (χ0v) is 13.1. The highest BCUT2D eigenvalue weighted by Gasteiger charge is 2.42. The zero-order valence-electron chi connectivity index (χ0n) is 13.1. The SMILES string of the molecule is CCCC1(CCC)c2ccccc2-c2ccc([N+](=O)[O-])cc21. The molecule has 0 saturated carbocycles. The van der Waals surface area contributed by atoms with E-state index in [2.05, 4.69) is 38.1 Å². The molecular formula is C19H21NO2. The Morgan fingerprint density at radius 2 is 1.59 bits per heavy atom. The van der Waals surface area contributed by atoms with Gasteiger partial charge in [0.2, 0.25) is 0 Å². The molecule has 0 N–H and O–H groups in total. The topological polar surface area (TPSA) is 43.1 Å². The van der Waals surface area contributed by atoms with Gasteiger partial charge >= 0.3 is 0 Å². The van der Waals surface area contributed by atoms with Gasteiger partial charge in [0.05, 0.1) is 4.92 Å². The van der Waals surface area contributed by atoms with Gasteiger partial charge in [0.1, 0.15) is 0 Å². The van der Waals surface area contributed by atoms with Crippen molar-refractivity contribution in [1.82, 2.24) is 0 Å². The summed E-state index contributed by atoms with van der Waals surface area (Å²) in [6.07, 6.45) is 4.20. The maximum absolute atomic E-state index is 11.2. The largest absolute Gasteiger partial charge is 0.269 e. The van der Waals surface area contributed by atoms with Crippen molar-refractivity contribution >= 4 is 5.69 Å². The van der Waals surface area contributed by atoms with Gasteiger partial charge in [-0.15, -0.1) is 0 Å². The van der Waals surface area contributed by atoms with E-state index < -0.39 is 0 Å². The van der Waals surface area contributed by atoms with E-state index in [1.54, 1.807) is 12.1 Å². The first kappa shape index (κ1) is 14.8. The Labute approximate surface area is 131 Å². The van der Waals surface area contributed by atoms with Crippen LogP contribution in [0.2, 0.25) is 0 Å². The van der Waals surface area contributed by atoms with Crippen molar-refractivity contribution in [2.75, 3.05) is 0 Å². The van der Waals surface area contributed by atoms with Gasteiger partial charge in [-0.05, 0) is 41.2 Å². The molecule has 0 fully saturated rings. The molecular weight excluding hydrogens is 274 g/mol. The van der Waals surface area contributed by atoms with Crippen molar-refractivity contribution in [3.05, 3.63) is 63.7 Å². The molecule has 3 heteroatoms. The summed E-state index contributed by atoms with van der Waals surface area (Å²) >= 11 is 0. The van der Waals surface area contributed by atoms with E-state index in [0.717, 1.165) is 31.2 Å². The van der Waals surface area contributed by atoms with Crippen LogP contribution in [0, 0.1) is 10.1 Å². The Kier molecular flexibility index (Phi) is 3.73. The van der Waals surface area contributed by atoms with Crippen molar-refractivity contribution < 1.29 is 4.92 Å². The van der Waals surface area contributed by atoms with Gasteiger partial charge in [0.25, 0.3) is 5.69 Å². The fraction of sp³-hybridized carbons (Fsp3) is 0.368. The van der Waals surface area contributed by atoms with Crippen LogP contribution in [0.1, 0.15) is 50.7 Å². The van der Waals surface area contributed by atoms with Gasteiger partial charge in [0, 0.05) is 17.5 Å². The molecule has 0 atom stereocenters. The quantitative estimate of drug-likeness (QED) is 0.543. The van der Waals surface area contributed by atoms with Gasteiger partial charge in [0.15, 0.2) is 0 Å². The fourth-order valence-corrected chi connectivity index (χ4v) is 4.07. The number of nitro benzene ring substituents is 1. The summed E-state index contributed by atoms with van der Waals surface area (Å²) in [5.41, 5.74) is 5.03. The number of rotatable bonds is 5. The number of fused-ring (bicyclic) bond motifs is 3. The summed E-state index contributed by atoms with van der Waals surface area (Å²) in [7, 11) is 0. The highest BCUT2D eigenvalue weighted by Crippen LogP contribution is 2.54. The van der Waals surface area contributed by atoms with Gasteiger partial charge < -0.3 is 0 Å². The van der Waals surface area contributed by atoms with Crippen LogP contribution in [0.25, 0.3) is 11.1 Å². The summed E-state index contributed by atoms with van der Waals surface area (Å²) in [6.45, 7) is 4.38. The minimum atomic E-state index is -0.286. The number of nitrogens with zero attached hydrogens (tertiary/aromatic N) is 1. The predicted octanol–water partition coefficient (Wildman–Crippen LogP) is 5.46. The van der Waals surface area contributed by atoms with Crippen molar-refractivity contribution in [3.63, 3.8) is 0 Å². The first-order chi connectivity index (χ1) is 10.6. The van der Waals surface area contributed by atoms with Crippen LogP contribution in [0.3, 0.4) is 0 Å². The zero-order chi connectivity index (χ0) is 15.7. The summed E-state index contributed by atoms with van der Waals surface area (Å²) in [4.78, 5) is 10.9. The van der Waals surface area contributed by atoms with E-state index in [4.69, 9.17) is 0 Å². The fourth-order valence-electron chi connectivity index (χ4n) is 4.07. The normalized spacial score (nSPS) is 14.5. The van der Waals surface area contributed by atoms with Crippen LogP contribution in [0.15, 0.2) is 42.5 Å². The minimum absolute atomic E-state index is 0.0680. The van der Waals surface area contributed by atoms with Crippen LogP contribution in [0.4, 0.5) is 5.69 Å². The molecule has 0 saturated heterocycles. The van der Waals surface area contributed by atoms with Gasteiger partial charge in [-0.2, -0.15) is 0 Å². The summed E-state index contributed by atoms with van der Waals surface area (Å²) in [6, 6.07) is 13.8. The third kappa shape index (κ3) is 2.04. The van der Waals surface area contributed by atoms with Crippen molar-refractivity contribution in [2.24, 2.45) is 0 Å². The Balaban J connectivity index is 2.30.